The minimum Gasteiger partial charge on any atom is -0.511 e. The van der Waals surface area contributed by atoms with E-state index in [0.717, 1.165) is 6.42 Å². The number of hydrogen-bond donors (Lipinski definition) is 1. The Labute approximate surface area is 159 Å². The lowest BCUT2D eigenvalue weighted by Gasteiger charge is -2.36. The average molecular weight is 373 g/mol. The molecular formula is C21H27NO5. The van der Waals surface area contributed by atoms with Crippen LogP contribution in [0.4, 0.5) is 5.69 Å². The quantitative estimate of drug-likeness (QED) is 0.597. The van der Waals surface area contributed by atoms with Crippen molar-refractivity contribution in [1.82, 2.24) is 0 Å². The van der Waals surface area contributed by atoms with E-state index in [2.05, 4.69) is 4.99 Å². The van der Waals surface area contributed by atoms with Crippen molar-refractivity contribution in [3.8, 4) is 5.75 Å². The molecule has 0 saturated heterocycles. The van der Waals surface area contributed by atoms with Crippen molar-refractivity contribution in [2.45, 2.75) is 40.0 Å². The molecule has 0 aromatic heterocycles. The third-order valence-corrected chi connectivity index (χ3v) is 4.75. The highest BCUT2D eigenvalue weighted by Gasteiger charge is 2.47. The number of carbonyl (C=O) groups is 2. The predicted molar refractivity (Wildman–Crippen MR) is 104 cm³/mol. The van der Waals surface area contributed by atoms with Crippen molar-refractivity contribution in [1.29, 1.82) is 0 Å². The highest BCUT2D eigenvalue weighted by atomic mass is 16.5. The molecule has 0 bridgehead atoms. The van der Waals surface area contributed by atoms with E-state index in [9.17, 15) is 14.7 Å². The fraction of sp³-hybridized carbons (Fsp3) is 0.476. The number of rotatable bonds is 6. The molecule has 2 rings (SSSR count). The lowest BCUT2D eigenvalue weighted by Crippen LogP contribution is -2.41. The number of nitrogens with zero attached hydrogens (tertiary/aromatic N) is 1. The molecule has 1 aliphatic carbocycles. The number of aliphatic hydroxyl groups is 1. The van der Waals surface area contributed by atoms with E-state index in [4.69, 9.17) is 9.47 Å². The Morgan fingerprint density at radius 2 is 1.89 bits per heavy atom. The van der Waals surface area contributed by atoms with E-state index in [1.54, 1.807) is 45.2 Å². The molecule has 1 aliphatic rings. The molecule has 0 radical (unpaired) electrons. The maximum Gasteiger partial charge on any atom is 0.316 e. The Kier molecular flexibility index (Phi) is 6.41. The van der Waals surface area contributed by atoms with Gasteiger partial charge in [0.1, 0.15) is 17.4 Å². The standard InChI is InChI=1S/C21H27NO5/c1-6-7-15(22-13-8-10-14(26-4)11-9-13)17-16(23)12-21(2,3)18(19(17)24)20(25)27-5/h8-11,18,24H,6-7,12H2,1-5H3/t18-/m1/s1. The maximum atomic E-state index is 12.8. The van der Waals surface area contributed by atoms with Gasteiger partial charge in [-0.15, -0.1) is 0 Å². The predicted octanol–water partition coefficient (Wildman–Crippen LogP) is 4.17. The lowest BCUT2D eigenvalue weighted by atomic mass is 9.67. The van der Waals surface area contributed by atoms with E-state index in [0.29, 0.717) is 23.6 Å². The first kappa shape index (κ1) is 20.7. The Morgan fingerprint density at radius 3 is 2.41 bits per heavy atom. The summed E-state index contributed by atoms with van der Waals surface area (Å²) in [6.45, 7) is 5.52. The molecule has 0 saturated carbocycles. The van der Waals surface area contributed by atoms with Gasteiger partial charge in [-0.05, 0) is 36.1 Å². The third-order valence-electron chi connectivity index (χ3n) is 4.75. The van der Waals surface area contributed by atoms with Crippen molar-refractivity contribution >= 4 is 23.2 Å². The number of aliphatic imine (C=N–C) groups is 1. The van der Waals surface area contributed by atoms with E-state index in [1.807, 2.05) is 6.92 Å². The summed E-state index contributed by atoms with van der Waals surface area (Å²) >= 11 is 0. The first-order valence-electron chi connectivity index (χ1n) is 9.01. The van der Waals surface area contributed by atoms with Gasteiger partial charge in [-0.1, -0.05) is 27.2 Å². The normalized spacial score (nSPS) is 19.8. The highest BCUT2D eigenvalue weighted by Crippen LogP contribution is 2.43. The molecular weight excluding hydrogens is 346 g/mol. The molecule has 1 N–H and O–H groups in total. The molecule has 27 heavy (non-hydrogen) atoms. The van der Waals surface area contributed by atoms with Gasteiger partial charge in [0.05, 0.1) is 31.2 Å². The Morgan fingerprint density at radius 1 is 1.26 bits per heavy atom. The number of hydrogen-bond acceptors (Lipinski definition) is 6. The largest absolute Gasteiger partial charge is 0.511 e. The topological polar surface area (TPSA) is 85.2 Å². The van der Waals surface area contributed by atoms with Crippen LogP contribution in [0, 0.1) is 11.3 Å². The molecule has 1 aromatic rings. The van der Waals surface area contributed by atoms with Crippen LogP contribution in [0.25, 0.3) is 0 Å². The molecule has 0 amide bonds. The first-order chi connectivity index (χ1) is 12.7. The van der Waals surface area contributed by atoms with Crippen LogP contribution in [-0.4, -0.2) is 36.8 Å². The molecule has 0 aliphatic heterocycles. The van der Waals surface area contributed by atoms with Crippen molar-refractivity contribution < 1.29 is 24.2 Å². The van der Waals surface area contributed by atoms with Crippen LogP contribution in [-0.2, 0) is 14.3 Å². The highest BCUT2D eigenvalue weighted by molar-refractivity contribution is 6.24. The smallest absolute Gasteiger partial charge is 0.316 e. The van der Waals surface area contributed by atoms with Crippen LogP contribution >= 0.6 is 0 Å². The zero-order valence-electron chi connectivity index (χ0n) is 16.5. The number of benzene rings is 1. The van der Waals surface area contributed by atoms with Crippen molar-refractivity contribution in [2.24, 2.45) is 16.3 Å². The molecule has 6 nitrogen and oxygen atoms in total. The fourth-order valence-corrected chi connectivity index (χ4v) is 3.41. The van der Waals surface area contributed by atoms with E-state index >= 15 is 0 Å². The summed E-state index contributed by atoms with van der Waals surface area (Å²) in [6.07, 6.45) is 1.38. The van der Waals surface area contributed by atoms with Crippen LogP contribution in [0.15, 0.2) is 40.6 Å². The van der Waals surface area contributed by atoms with Gasteiger partial charge in [0.25, 0.3) is 0 Å². The first-order valence-corrected chi connectivity index (χ1v) is 9.01. The van der Waals surface area contributed by atoms with E-state index in [-0.39, 0.29) is 23.5 Å². The number of ether oxygens (including phenoxy) is 2. The van der Waals surface area contributed by atoms with Crippen LogP contribution in [0.1, 0.15) is 40.0 Å². The van der Waals surface area contributed by atoms with E-state index in [1.165, 1.54) is 7.11 Å². The average Bonchev–Trinajstić information content (AvgIpc) is 2.61. The van der Waals surface area contributed by atoms with Crippen molar-refractivity contribution in [3.05, 3.63) is 35.6 Å². The second kappa shape index (κ2) is 8.37. The molecule has 0 fully saturated rings. The number of Topliss-reactive ketones (excluding diaryl/α,β-unsaturated/α-hetero) is 1. The van der Waals surface area contributed by atoms with Gasteiger partial charge in [-0.3, -0.25) is 14.6 Å². The van der Waals surface area contributed by atoms with Gasteiger partial charge in [0.2, 0.25) is 0 Å². The summed E-state index contributed by atoms with van der Waals surface area (Å²) in [4.78, 5) is 29.7. The Hall–Kier alpha value is -2.63. The molecule has 0 heterocycles. The molecule has 146 valence electrons. The number of aliphatic hydroxyl groups excluding tert-OH is 1. The zero-order valence-corrected chi connectivity index (χ0v) is 16.5. The van der Waals surface area contributed by atoms with Gasteiger partial charge < -0.3 is 14.6 Å². The number of methoxy groups -OCH3 is 2. The van der Waals surface area contributed by atoms with Gasteiger partial charge in [-0.2, -0.15) is 0 Å². The second-order valence-corrected chi connectivity index (χ2v) is 7.31. The molecule has 6 heteroatoms. The van der Waals surface area contributed by atoms with E-state index < -0.39 is 17.3 Å². The van der Waals surface area contributed by atoms with Gasteiger partial charge >= 0.3 is 5.97 Å². The number of carbonyl (C=O) groups excluding carboxylic acids is 2. The fourth-order valence-electron chi connectivity index (χ4n) is 3.41. The summed E-state index contributed by atoms with van der Waals surface area (Å²) < 4.78 is 10.0. The summed E-state index contributed by atoms with van der Waals surface area (Å²) in [7, 11) is 2.86. The summed E-state index contributed by atoms with van der Waals surface area (Å²) in [5, 5.41) is 10.9. The van der Waals surface area contributed by atoms with Gasteiger partial charge in [0.15, 0.2) is 5.78 Å². The lowest BCUT2D eigenvalue weighted by molar-refractivity contribution is -0.150. The Bertz CT molecular complexity index is 774. The van der Waals surface area contributed by atoms with Gasteiger partial charge in [-0.25, -0.2) is 0 Å². The van der Waals surface area contributed by atoms with Crippen molar-refractivity contribution in [3.63, 3.8) is 0 Å². The molecule has 0 spiro atoms. The molecule has 1 atom stereocenters. The maximum absolute atomic E-state index is 12.8. The number of ketones is 1. The summed E-state index contributed by atoms with van der Waals surface area (Å²) in [5.74, 6) is -1.20. The monoisotopic (exact) mass is 373 g/mol. The summed E-state index contributed by atoms with van der Waals surface area (Å²) in [6, 6.07) is 7.11. The Balaban J connectivity index is 2.57. The molecule has 1 aromatic carbocycles. The SMILES string of the molecule is CCCC(=Nc1ccc(OC)cc1)C1=C(O)[C@H](C(=O)OC)C(C)(C)CC1=O. The van der Waals surface area contributed by atoms with Crippen LogP contribution in [0.3, 0.4) is 0 Å². The zero-order chi connectivity index (χ0) is 20.2. The minimum atomic E-state index is -0.895. The summed E-state index contributed by atoms with van der Waals surface area (Å²) in [5.41, 5.74) is 0.540. The van der Waals surface area contributed by atoms with Gasteiger partial charge in [0, 0.05) is 6.42 Å². The third kappa shape index (κ3) is 4.38. The second-order valence-electron chi connectivity index (χ2n) is 7.31. The van der Waals surface area contributed by atoms with Crippen LogP contribution < -0.4 is 4.74 Å². The minimum absolute atomic E-state index is 0.136. The van der Waals surface area contributed by atoms with Crippen LogP contribution in [0.5, 0.6) is 5.75 Å². The van der Waals surface area contributed by atoms with Crippen LogP contribution in [0.2, 0.25) is 0 Å². The number of esters is 1. The van der Waals surface area contributed by atoms with Crippen molar-refractivity contribution in [2.75, 3.05) is 14.2 Å². The number of allylic oxidation sites excluding steroid dienone is 1. The molecule has 0 unspecified atom stereocenters.